The summed E-state index contributed by atoms with van der Waals surface area (Å²) in [4.78, 5) is 28.0. The first-order valence-electron chi connectivity index (χ1n) is 11.3. The Hall–Kier alpha value is -2.67. The number of piperazine rings is 1. The molecule has 0 aliphatic carbocycles. The number of hydrogen-bond donors (Lipinski definition) is 0. The molecular formula is C24H33N5O2. The third kappa shape index (κ3) is 5.34. The molecular weight excluding hydrogens is 390 g/mol. The van der Waals surface area contributed by atoms with E-state index in [9.17, 15) is 4.79 Å². The molecule has 166 valence electrons. The average Bonchev–Trinajstić information content (AvgIpc) is 3.29. The van der Waals surface area contributed by atoms with Crippen molar-refractivity contribution >= 4 is 11.9 Å². The van der Waals surface area contributed by atoms with E-state index in [-0.39, 0.29) is 18.1 Å². The number of benzene rings is 1. The van der Waals surface area contributed by atoms with Gasteiger partial charge in [0.15, 0.2) is 0 Å². The molecule has 1 aromatic heterocycles. The van der Waals surface area contributed by atoms with Crippen molar-refractivity contribution in [1.82, 2.24) is 19.8 Å². The molecule has 2 fully saturated rings. The molecule has 1 aromatic carbocycles. The van der Waals surface area contributed by atoms with E-state index in [1.165, 1.54) is 18.4 Å². The molecule has 0 radical (unpaired) electrons. The lowest BCUT2D eigenvalue weighted by atomic mass is 10.0. The van der Waals surface area contributed by atoms with Crippen molar-refractivity contribution in [3.05, 3.63) is 47.8 Å². The topological polar surface area (TPSA) is 61.8 Å². The Morgan fingerprint density at radius 2 is 1.84 bits per heavy atom. The third-order valence-electron chi connectivity index (χ3n) is 6.03. The Morgan fingerprint density at radius 1 is 1.10 bits per heavy atom. The summed E-state index contributed by atoms with van der Waals surface area (Å²) < 4.78 is 5.80. The van der Waals surface area contributed by atoms with E-state index in [1.807, 2.05) is 43.1 Å². The first-order chi connectivity index (χ1) is 15.0. The molecule has 7 nitrogen and oxygen atoms in total. The van der Waals surface area contributed by atoms with E-state index in [1.54, 1.807) is 6.92 Å². The van der Waals surface area contributed by atoms with Crippen molar-refractivity contribution in [2.24, 2.45) is 0 Å². The Bertz CT molecular complexity index is 880. The van der Waals surface area contributed by atoms with Gasteiger partial charge in [0, 0.05) is 52.4 Å². The van der Waals surface area contributed by atoms with Gasteiger partial charge in [-0.25, -0.2) is 9.97 Å². The fourth-order valence-electron chi connectivity index (χ4n) is 4.40. The maximum Gasteiger partial charge on any atom is 0.225 e. The molecule has 3 heterocycles. The third-order valence-corrected chi connectivity index (χ3v) is 6.03. The van der Waals surface area contributed by atoms with Crippen LogP contribution in [0, 0.1) is 0 Å². The second-order valence-corrected chi connectivity index (χ2v) is 8.73. The van der Waals surface area contributed by atoms with Gasteiger partial charge >= 0.3 is 0 Å². The lowest BCUT2D eigenvalue weighted by Crippen LogP contribution is -2.49. The number of carbonyl (C=O) groups is 1. The number of nitrogens with zero attached hydrogens (tertiary/aromatic N) is 5. The van der Waals surface area contributed by atoms with Crippen molar-refractivity contribution in [1.29, 1.82) is 0 Å². The number of aromatic nitrogens is 2. The Labute approximate surface area is 185 Å². The summed E-state index contributed by atoms with van der Waals surface area (Å²) in [5.74, 6) is 1.84. The maximum absolute atomic E-state index is 12.1. The van der Waals surface area contributed by atoms with Crippen molar-refractivity contribution in [2.45, 2.75) is 52.3 Å². The predicted molar refractivity (Wildman–Crippen MR) is 121 cm³/mol. The molecule has 2 aliphatic heterocycles. The van der Waals surface area contributed by atoms with Crippen LogP contribution in [0.2, 0.25) is 0 Å². The highest BCUT2D eigenvalue weighted by molar-refractivity contribution is 5.73. The normalized spacial score (nSPS) is 19.8. The van der Waals surface area contributed by atoms with Gasteiger partial charge in [-0.1, -0.05) is 12.1 Å². The predicted octanol–water partition coefficient (Wildman–Crippen LogP) is 3.27. The molecule has 1 atom stereocenters. The van der Waals surface area contributed by atoms with Gasteiger partial charge < -0.3 is 14.5 Å². The van der Waals surface area contributed by atoms with E-state index in [2.05, 4.69) is 26.9 Å². The molecule has 4 rings (SSSR count). The van der Waals surface area contributed by atoms with E-state index in [4.69, 9.17) is 9.72 Å². The van der Waals surface area contributed by atoms with Gasteiger partial charge in [-0.2, -0.15) is 0 Å². The minimum atomic E-state index is 0.121. The van der Waals surface area contributed by atoms with Crippen LogP contribution in [0.1, 0.15) is 50.9 Å². The van der Waals surface area contributed by atoms with Crippen LogP contribution in [0.4, 0.5) is 5.95 Å². The molecule has 7 heteroatoms. The fourth-order valence-corrected chi connectivity index (χ4v) is 4.40. The summed E-state index contributed by atoms with van der Waals surface area (Å²) in [6.45, 7) is 10.8. The monoisotopic (exact) mass is 423 g/mol. The Balaban J connectivity index is 1.53. The number of carbonyl (C=O) groups excluding carboxylic acids is 1. The lowest BCUT2D eigenvalue weighted by molar-refractivity contribution is -0.132. The van der Waals surface area contributed by atoms with Crippen LogP contribution in [0.5, 0.6) is 5.75 Å². The van der Waals surface area contributed by atoms with E-state index in [0.717, 1.165) is 50.1 Å². The summed E-state index contributed by atoms with van der Waals surface area (Å²) in [5, 5.41) is 0. The molecule has 2 saturated heterocycles. The number of anilines is 1. The number of rotatable bonds is 6. The lowest BCUT2D eigenvalue weighted by Gasteiger charge is -2.41. The van der Waals surface area contributed by atoms with Crippen LogP contribution in [-0.2, 0) is 11.3 Å². The van der Waals surface area contributed by atoms with Crippen LogP contribution in [0.3, 0.4) is 0 Å². The van der Waals surface area contributed by atoms with Crippen LogP contribution in [0.15, 0.2) is 36.5 Å². The van der Waals surface area contributed by atoms with Gasteiger partial charge in [-0.15, -0.1) is 0 Å². The summed E-state index contributed by atoms with van der Waals surface area (Å²) in [6, 6.07) is 10.4. The van der Waals surface area contributed by atoms with Crippen LogP contribution in [0.25, 0.3) is 0 Å². The van der Waals surface area contributed by atoms with Crippen molar-refractivity contribution < 1.29 is 9.53 Å². The molecule has 0 spiro atoms. The zero-order valence-corrected chi connectivity index (χ0v) is 18.8. The molecule has 31 heavy (non-hydrogen) atoms. The smallest absolute Gasteiger partial charge is 0.225 e. The number of amides is 1. The minimum absolute atomic E-state index is 0.121. The van der Waals surface area contributed by atoms with Crippen LogP contribution < -0.4 is 9.64 Å². The van der Waals surface area contributed by atoms with Gasteiger partial charge in [-0.3, -0.25) is 9.69 Å². The van der Waals surface area contributed by atoms with Gasteiger partial charge in [-0.05, 0) is 50.5 Å². The second kappa shape index (κ2) is 9.64. The molecule has 0 bridgehead atoms. The fraction of sp³-hybridized carbons (Fsp3) is 0.542. The average molecular weight is 424 g/mol. The highest BCUT2D eigenvalue weighted by atomic mass is 16.5. The Morgan fingerprint density at radius 3 is 2.52 bits per heavy atom. The first kappa shape index (κ1) is 21.6. The summed E-state index contributed by atoms with van der Waals surface area (Å²) in [7, 11) is 0. The zero-order chi connectivity index (χ0) is 21.8. The van der Waals surface area contributed by atoms with E-state index < -0.39 is 0 Å². The van der Waals surface area contributed by atoms with E-state index in [0.29, 0.717) is 6.54 Å². The molecule has 1 amide bonds. The van der Waals surface area contributed by atoms with Crippen LogP contribution >= 0.6 is 0 Å². The number of hydrogen-bond acceptors (Lipinski definition) is 6. The minimum Gasteiger partial charge on any atom is -0.491 e. The standard InChI is InChI=1S/C24H33N5O2/c1-18(2)31-22-8-6-20(7-9-22)23-17-28(19(3)30)14-15-29(23)16-21-10-11-25-24(26-21)27-12-4-5-13-27/h6-11,18,23H,4-5,12-17H2,1-3H3/t23-/m1/s1. The van der Waals surface area contributed by atoms with Crippen molar-refractivity contribution in [3.63, 3.8) is 0 Å². The SMILES string of the molecule is CC(=O)N1CCN(Cc2ccnc(N3CCCC3)n2)[C@@H](c2ccc(OC(C)C)cc2)C1. The van der Waals surface area contributed by atoms with Crippen LogP contribution in [-0.4, -0.2) is 64.5 Å². The molecule has 2 aromatic rings. The second-order valence-electron chi connectivity index (χ2n) is 8.73. The zero-order valence-electron chi connectivity index (χ0n) is 18.8. The largest absolute Gasteiger partial charge is 0.491 e. The highest BCUT2D eigenvalue weighted by Crippen LogP contribution is 2.29. The molecule has 0 unspecified atom stereocenters. The Kier molecular flexibility index (Phi) is 6.70. The summed E-state index contributed by atoms with van der Waals surface area (Å²) in [6.07, 6.45) is 4.43. The quantitative estimate of drug-likeness (QED) is 0.711. The van der Waals surface area contributed by atoms with Crippen molar-refractivity contribution in [3.8, 4) is 5.75 Å². The highest BCUT2D eigenvalue weighted by Gasteiger charge is 2.30. The first-order valence-corrected chi connectivity index (χ1v) is 11.3. The maximum atomic E-state index is 12.1. The van der Waals surface area contributed by atoms with E-state index >= 15 is 0 Å². The van der Waals surface area contributed by atoms with Crippen molar-refractivity contribution in [2.75, 3.05) is 37.6 Å². The van der Waals surface area contributed by atoms with Gasteiger partial charge in [0.2, 0.25) is 11.9 Å². The van der Waals surface area contributed by atoms with Gasteiger partial charge in [0.25, 0.3) is 0 Å². The number of ether oxygens (including phenoxy) is 1. The van der Waals surface area contributed by atoms with Gasteiger partial charge in [0.1, 0.15) is 5.75 Å². The van der Waals surface area contributed by atoms with Gasteiger partial charge in [0.05, 0.1) is 17.8 Å². The molecule has 0 saturated carbocycles. The molecule has 0 N–H and O–H groups in total. The molecule has 2 aliphatic rings. The summed E-state index contributed by atoms with van der Waals surface area (Å²) in [5.41, 5.74) is 2.22. The summed E-state index contributed by atoms with van der Waals surface area (Å²) >= 11 is 0.